The molecule has 1 saturated heterocycles. The number of hydrogen-bond donors (Lipinski definition) is 2. The molecule has 35 heavy (non-hydrogen) atoms. The lowest BCUT2D eigenvalue weighted by molar-refractivity contribution is -0.154. The Hall–Kier alpha value is -3.35. The highest BCUT2D eigenvalue weighted by molar-refractivity contribution is 5.85. The van der Waals surface area contributed by atoms with Crippen LogP contribution in [0.1, 0.15) is 62.0 Å². The smallest absolute Gasteiger partial charge is 0.407 e. The van der Waals surface area contributed by atoms with E-state index in [1.807, 2.05) is 24.3 Å². The molecule has 2 amide bonds. The van der Waals surface area contributed by atoms with Crippen molar-refractivity contribution in [2.24, 2.45) is 5.92 Å². The number of likely N-dealkylation sites (tertiary alicyclic amines) is 1. The van der Waals surface area contributed by atoms with Crippen LogP contribution >= 0.6 is 0 Å². The molecule has 184 valence electrons. The van der Waals surface area contributed by atoms with Crippen molar-refractivity contribution in [1.82, 2.24) is 10.2 Å². The summed E-state index contributed by atoms with van der Waals surface area (Å²) in [7, 11) is 0. The van der Waals surface area contributed by atoms with Gasteiger partial charge in [0.25, 0.3) is 0 Å². The standard InChI is InChI=1S/C28H32N2O5/c31-26(30-16-6-5-11-25(30)27(32)33)18-12-14-19(15-13-18)29-28(34)35-17-24-22-9-3-1-7-20(22)21-8-2-4-10-23(21)24/h1-4,7-10,18-19,24-25H,5-6,11-17H2,(H,29,34)(H,32,33). The third-order valence-corrected chi connectivity index (χ3v) is 7.81. The van der Waals surface area contributed by atoms with Crippen molar-refractivity contribution >= 4 is 18.0 Å². The van der Waals surface area contributed by atoms with Gasteiger partial charge in [0.05, 0.1) is 0 Å². The topological polar surface area (TPSA) is 95.9 Å². The second-order valence-corrected chi connectivity index (χ2v) is 9.90. The molecule has 2 N–H and O–H groups in total. The molecule has 0 spiro atoms. The van der Waals surface area contributed by atoms with Gasteiger partial charge in [-0.05, 0) is 67.2 Å². The number of ether oxygens (including phenoxy) is 1. The molecule has 1 saturated carbocycles. The largest absolute Gasteiger partial charge is 0.480 e. The second-order valence-electron chi connectivity index (χ2n) is 9.90. The van der Waals surface area contributed by atoms with Gasteiger partial charge in [0.2, 0.25) is 5.91 Å². The molecule has 5 rings (SSSR count). The zero-order valence-corrected chi connectivity index (χ0v) is 19.8. The first-order chi connectivity index (χ1) is 17.0. The van der Waals surface area contributed by atoms with E-state index in [4.69, 9.17) is 4.74 Å². The fourth-order valence-corrected chi connectivity index (χ4v) is 5.98. The molecular weight excluding hydrogens is 444 g/mol. The van der Waals surface area contributed by atoms with E-state index in [2.05, 4.69) is 29.6 Å². The summed E-state index contributed by atoms with van der Waals surface area (Å²) < 4.78 is 5.66. The Morgan fingerprint density at radius 3 is 2.14 bits per heavy atom. The molecular formula is C28H32N2O5. The van der Waals surface area contributed by atoms with Crippen LogP contribution in [-0.4, -0.2) is 53.2 Å². The van der Waals surface area contributed by atoms with Gasteiger partial charge < -0.3 is 20.1 Å². The molecule has 1 heterocycles. The van der Waals surface area contributed by atoms with Crippen molar-refractivity contribution < 1.29 is 24.2 Å². The minimum atomic E-state index is -0.913. The van der Waals surface area contributed by atoms with Gasteiger partial charge in [-0.25, -0.2) is 9.59 Å². The summed E-state index contributed by atoms with van der Waals surface area (Å²) in [6.45, 7) is 0.799. The van der Waals surface area contributed by atoms with E-state index in [1.54, 1.807) is 4.90 Å². The molecule has 7 heteroatoms. The average molecular weight is 477 g/mol. The molecule has 0 aromatic heterocycles. The number of carbonyl (C=O) groups is 3. The number of alkyl carbamates (subject to hydrolysis) is 1. The van der Waals surface area contributed by atoms with E-state index in [0.717, 1.165) is 12.8 Å². The maximum Gasteiger partial charge on any atom is 0.407 e. The number of fused-ring (bicyclic) bond motifs is 3. The van der Waals surface area contributed by atoms with Crippen LogP contribution in [0.15, 0.2) is 48.5 Å². The Bertz CT molecular complexity index is 1060. The molecule has 2 aliphatic carbocycles. The molecule has 0 radical (unpaired) electrons. The molecule has 2 fully saturated rings. The number of aliphatic carboxylic acids is 1. The van der Waals surface area contributed by atoms with Crippen LogP contribution in [0.2, 0.25) is 0 Å². The predicted octanol–water partition coefficient (Wildman–Crippen LogP) is 4.55. The van der Waals surface area contributed by atoms with Gasteiger partial charge in [-0.2, -0.15) is 0 Å². The summed E-state index contributed by atoms with van der Waals surface area (Å²) in [4.78, 5) is 38.7. The maximum atomic E-state index is 13.0. The molecule has 0 bridgehead atoms. The molecule has 2 aromatic carbocycles. The van der Waals surface area contributed by atoms with Crippen molar-refractivity contribution in [3.63, 3.8) is 0 Å². The molecule has 2 aromatic rings. The van der Waals surface area contributed by atoms with Crippen LogP contribution in [0.4, 0.5) is 4.79 Å². The van der Waals surface area contributed by atoms with Crippen molar-refractivity contribution in [2.45, 2.75) is 62.9 Å². The third-order valence-electron chi connectivity index (χ3n) is 7.81. The van der Waals surface area contributed by atoms with E-state index in [0.29, 0.717) is 38.6 Å². The van der Waals surface area contributed by atoms with Crippen LogP contribution in [0.3, 0.4) is 0 Å². The average Bonchev–Trinajstić information content (AvgIpc) is 3.21. The Morgan fingerprint density at radius 2 is 1.51 bits per heavy atom. The van der Waals surface area contributed by atoms with E-state index in [9.17, 15) is 19.5 Å². The molecule has 1 atom stereocenters. The van der Waals surface area contributed by atoms with Crippen LogP contribution in [0.25, 0.3) is 11.1 Å². The van der Waals surface area contributed by atoms with Gasteiger partial charge >= 0.3 is 12.1 Å². The van der Waals surface area contributed by atoms with Gasteiger partial charge in [0.15, 0.2) is 0 Å². The lowest BCUT2D eigenvalue weighted by atomic mass is 9.84. The normalized spacial score (nSPS) is 23.8. The number of hydrogen-bond acceptors (Lipinski definition) is 4. The Balaban J connectivity index is 1.12. The number of nitrogens with one attached hydrogen (secondary N) is 1. The molecule has 1 aliphatic heterocycles. The number of benzene rings is 2. The zero-order valence-electron chi connectivity index (χ0n) is 19.8. The van der Waals surface area contributed by atoms with Crippen LogP contribution in [-0.2, 0) is 14.3 Å². The first kappa shape index (κ1) is 23.4. The van der Waals surface area contributed by atoms with Gasteiger partial charge in [-0.3, -0.25) is 4.79 Å². The minimum absolute atomic E-state index is 0.0215. The number of rotatable bonds is 5. The Morgan fingerprint density at radius 1 is 0.886 bits per heavy atom. The summed E-state index contributed by atoms with van der Waals surface area (Å²) in [6.07, 6.45) is 4.47. The zero-order chi connectivity index (χ0) is 24.4. The highest BCUT2D eigenvalue weighted by Gasteiger charge is 2.37. The number of piperidine rings is 1. The van der Waals surface area contributed by atoms with E-state index in [-0.39, 0.29) is 30.4 Å². The Kier molecular flexibility index (Phi) is 6.75. The van der Waals surface area contributed by atoms with E-state index < -0.39 is 18.1 Å². The number of carboxylic acids is 1. The highest BCUT2D eigenvalue weighted by Crippen LogP contribution is 2.44. The lowest BCUT2D eigenvalue weighted by Gasteiger charge is -2.37. The van der Waals surface area contributed by atoms with Gasteiger partial charge in [0.1, 0.15) is 12.6 Å². The summed E-state index contributed by atoms with van der Waals surface area (Å²) in [5.74, 6) is -1.11. The van der Waals surface area contributed by atoms with Crippen molar-refractivity contribution in [1.29, 1.82) is 0 Å². The SMILES string of the molecule is O=C(NC1CCC(C(=O)N2CCCCC2C(=O)O)CC1)OCC1c2ccccc2-c2ccccc21. The molecule has 3 aliphatic rings. The first-order valence-corrected chi connectivity index (χ1v) is 12.7. The van der Waals surface area contributed by atoms with Crippen molar-refractivity contribution in [2.75, 3.05) is 13.2 Å². The van der Waals surface area contributed by atoms with Gasteiger partial charge in [-0.15, -0.1) is 0 Å². The first-order valence-electron chi connectivity index (χ1n) is 12.7. The highest BCUT2D eigenvalue weighted by atomic mass is 16.5. The number of amides is 2. The fourth-order valence-electron chi connectivity index (χ4n) is 5.98. The summed E-state index contributed by atoms with van der Waals surface area (Å²) in [6, 6.07) is 15.7. The van der Waals surface area contributed by atoms with Crippen molar-refractivity contribution in [3.8, 4) is 11.1 Å². The van der Waals surface area contributed by atoms with Crippen LogP contribution < -0.4 is 5.32 Å². The number of carboxylic acid groups (broad SMARTS) is 1. The quantitative estimate of drug-likeness (QED) is 0.660. The predicted molar refractivity (Wildman–Crippen MR) is 131 cm³/mol. The fraction of sp³-hybridized carbons (Fsp3) is 0.464. The summed E-state index contributed by atoms with van der Waals surface area (Å²) in [5.41, 5.74) is 4.74. The molecule has 1 unspecified atom stereocenters. The van der Waals surface area contributed by atoms with E-state index in [1.165, 1.54) is 22.3 Å². The number of carbonyl (C=O) groups excluding carboxylic acids is 2. The van der Waals surface area contributed by atoms with Crippen LogP contribution in [0, 0.1) is 5.92 Å². The van der Waals surface area contributed by atoms with Gasteiger partial charge in [0, 0.05) is 24.4 Å². The summed E-state index contributed by atoms with van der Waals surface area (Å²) >= 11 is 0. The number of nitrogens with zero attached hydrogens (tertiary/aromatic N) is 1. The maximum absolute atomic E-state index is 13.0. The Labute approximate surface area is 205 Å². The lowest BCUT2D eigenvalue weighted by Crippen LogP contribution is -2.51. The van der Waals surface area contributed by atoms with Gasteiger partial charge in [-0.1, -0.05) is 48.5 Å². The van der Waals surface area contributed by atoms with Crippen molar-refractivity contribution in [3.05, 3.63) is 59.7 Å². The third kappa shape index (κ3) is 4.77. The minimum Gasteiger partial charge on any atom is -0.480 e. The second kappa shape index (κ2) is 10.1. The van der Waals surface area contributed by atoms with E-state index >= 15 is 0 Å². The monoisotopic (exact) mass is 476 g/mol. The molecule has 7 nitrogen and oxygen atoms in total. The van der Waals surface area contributed by atoms with Crippen LogP contribution in [0.5, 0.6) is 0 Å². The summed E-state index contributed by atoms with van der Waals surface area (Å²) in [5, 5.41) is 12.5.